The lowest BCUT2D eigenvalue weighted by atomic mass is 9.89. The highest BCUT2D eigenvalue weighted by Gasteiger charge is 2.20. The third kappa shape index (κ3) is 15.6. The van der Waals surface area contributed by atoms with Gasteiger partial charge in [0.05, 0.1) is 25.0 Å². The quantitative estimate of drug-likeness (QED) is 0.322. The molecule has 196 valence electrons. The van der Waals surface area contributed by atoms with E-state index in [-0.39, 0.29) is 11.4 Å². The Morgan fingerprint density at radius 1 is 0.886 bits per heavy atom. The molecular formula is C26H46N8O. The minimum absolute atomic E-state index is 0.142. The number of carbonyl (C=O) groups excluding carboxylic acids is 1. The van der Waals surface area contributed by atoms with Crippen LogP contribution in [-0.2, 0) is 24.1 Å². The molecule has 3 aromatic rings. The summed E-state index contributed by atoms with van der Waals surface area (Å²) < 4.78 is 0. The number of nitrogens with one attached hydrogen (secondary N) is 4. The molecule has 0 radical (unpaired) electrons. The first-order chi connectivity index (χ1) is 16.4. The van der Waals surface area contributed by atoms with Gasteiger partial charge in [0.25, 0.3) is 0 Å². The van der Waals surface area contributed by atoms with E-state index in [4.69, 9.17) is 5.73 Å². The van der Waals surface area contributed by atoms with E-state index in [2.05, 4.69) is 62.9 Å². The van der Waals surface area contributed by atoms with Crippen LogP contribution >= 0.6 is 0 Å². The van der Waals surface area contributed by atoms with Crippen LogP contribution < -0.4 is 11.1 Å². The molecule has 0 fully saturated rings. The first kappa shape index (κ1) is 30.1. The smallest absolute Gasteiger partial charge is 0.237 e. The number of H-pyrrole nitrogens is 3. The molecule has 3 aromatic heterocycles. The van der Waals surface area contributed by atoms with Crippen LogP contribution in [-0.4, -0.2) is 47.4 Å². The number of amides is 1. The van der Waals surface area contributed by atoms with Crippen molar-refractivity contribution >= 4 is 5.91 Å². The molecule has 3 heterocycles. The maximum Gasteiger partial charge on any atom is 0.237 e. The molecule has 1 amide bonds. The minimum Gasteiger partial charge on any atom is -0.350 e. The van der Waals surface area contributed by atoms with Crippen molar-refractivity contribution in [3.8, 4) is 0 Å². The molecular weight excluding hydrogens is 440 g/mol. The van der Waals surface area contributed by atoms with Gasteiger partial charge in [-0.15, -0.1) is 0 Å². The van der Waals surface area contributed by atoms with Crippen LogP contribution in [0, 0.1) is 5.41 Å². The molecule has 9 heteroatoms. The molecule has 0 saturated carbocycles. The lowest BCUT2D eigenvalue weighted by molar-refractivity contribution is -0.123. The van der Waals surface area contributed by atoms with Crippen molar-refractivity contribution < 1.29 is 4.79 Å². The van der Waals surface area contributed by atoms with Gasteiger partial charge < -0.3 is 26.0 Å². The molecule has 9 nitrogen and oxygen atoms in total. The molecule has 35 heavy (non-hydrogen) atoms. The third-order valence-electron chi connectivity index (χ3n) is 4.83. The number of hydrogen-bond donors (Lipinski definition) is 5. The normalized spacial score (nSPS) is 12.1. The molecule has 0 aromatic carbocycles. The zero-order valence-electron chi connectivity index (χ0n) is 22.6. The van der Waals surface area contributed by atoms with Crippen LogP contribution in [0.25, 0.3) is 0 Å². The van der Waals surface area contributed by atoms with Crippen LogP contribution in [0.1, 0.15) is 84.8 Å². The lowest BCUT2D eigenvalue weighted by Crippen LogP contribution is -2.49. The van der Waals surface area contributed by atoms with E-state index in [1.54, 1.807) is 25.2 Å². The Bertz CT molecular complexity index is 888. The van der Waals surface area contributed by atoms with Crippen molar-refractivity contribution in [1.29, 1.82) is 0 Å². The molecule has 1 unspecified atom stereocenters. The van der Waals surface area contributed by atoms with E-state index in [0.717, 1.165) is 18.5 Å². The van der Waals surface area contributed by atoms with E-state index in [0.29, 0.717) is 11.8 Å². The largest absolute Gasteiger partial charge is 0.350 e. The topological polar surface area (TPSA) is 141 Å². The van der Waals surface area contributed by atoms with Gasteiger partial charge in [-0.05, 0) is 51.9 Å². The molecule has 0 aliphatic rings. The van der Waals surface area contributed by atoms with E-state index >= 15 is 0 Å². The SMILES string of the molecule is CC(C)(C)CCCc1cnc[nH]1.CC(C)(C)NC(=O)C(N)Cc1cnc[nH]1.CCCc1cnc[nH]1. The fourth-order valence-corrected chi connectivity index (χ4v) is 3.11. The third-order valence-corrected chi connectivity index (χ3v) is 4.83. The average Bonchev–Trinajstić information content (AvgIpc) is 3.51. The van der Waals surface area contributed by atoms with Gasteiger partial charge in [0.2, 0.25) is 5.91 Å². The summed E-state index contributed by atoms with van der Waals surface area (Å²) in [4.78, 5) is 32.4. The summed E-state index contributed by atoms with van der Waals surface area (Å²) in [6.45, 7) is 14.8. The highest BCUT2D eigenvalue weighted by Crippen LogP contribution is 2.21. The number of aromatic nitrogens is 6. The summed E-state index contributed by atoms with van der Waals surface area (Å²) in [5.41, 5.74) is 9.31. The predicted octanol–water partition coefficient (Wildman–Crippen LogP) is 4.33. The Balaban J connectivity index is 0.000000274. The monoisotopic (exact) mass is 486 g/mol. The zero-order valence-corrected chi connectivity index (χ0v) is 22.6. The fourth-order valence-electron chi connectivity index (χ4n) is 3.11. The second-order valence-corrected chi connectivity index (χ2v) is 10.9. The number of hydrogen-bond acceptors (Lipinski definition) is 5. The van der Waals surface area contributed by atoms with E-state index in [1.165, 1.54) is 30.7 Å². The Hall–Kier alpha value is -2.94. The van der Waals surface area contributed by atoms with Gasteiger partial charge in [0, 0.05) is 47.6 Å². The summed E-state index contributed by atoms with van der Waals surface area (Å²) in [7, 11) is 0. The first-order valence-corrected chi connectivity index (χ1v) is 12.4. The van der Waals surface area contributed by atoms with Crippen molar-refractivity contribution in [3.05, 3.63) is 54.7 Å². The number of rotatable bonds is 8. The molecule has 3 rings (SSSR count). The number of nitrogens with zero attached hydrogens (tertiary/aromatic N) is 3. The van der Waals surface area contributed by atoms with Crippen molar-refractivity contribution in [1.82, 2.24) is 35.2 Å². The number of nitrogens with two attached hydrogens (primary N) is 1. The average molecular weight is 487 g/mol. The van der Waals surface area contributed by atoms with Crippen molar-refractivity contribution in [2.75, 3.05) is 0 Å². The highest BCUT2D eigenvalue weighted by atomic mass is 16.2. The summed E-state index contributed by atoms with van der Waals surface area (Å²) in [5, 5.41) is 2.83. The lowest BCUT2D eigenvalue weighted by Gasteiger charge is -2.22. The molecule has 0 aliphatic heterocycles. The van der Waals surface area contributed by atoms with Gasteiger partial charge >= 0.3 is 0 Å². The molecule has 1 atom stereocenters. The molecule has 0 saturated heterocycles. The molecule has 0 bridgehead atoms. The fraction of sp³-hybridized carbons (Fsp3) is 0.615. The summed E-state index contributed by atoms with van der Waals surface area (Å²) in [6.07, 6.45) is 16.9. The van der Waals surface area contributed by atoms with E-state index < -0.39 is 6.04 Å². The highest BCUT2D eigenvalue weighted by molar-refractivity contribution is 5.82. The number of imidazole rings is 3. The number of carbonyl (C=O) groups is 1. The van der Waals surface area contributed by atoms with Crippen LogP contribution in [0.4, 0.5) is 0 Å². The van der Waals surface area contributed by atoms with Gasteiger partial charge in [-0.2, -0.15) is 0 Å². The second kappa shape index (κ2) is 15.1. The van der Waals surface area contributed by atoms with Gasteiger partial charge in [-0.3, -0.25) is 4.79 Å². The Kier molecular flexibility index (Phi) is 13.0. The minimum atomic E-state index is -0.537. The van der Waals surface area contributed by atoms with Crippen molar-refractivity contribution in [2.24, 2.45) is 11.1 Å². The first-order valence-electron chi connectivity index (χ1n) is 12.4. The summed E-state index contributed by atoms with van der Waals surface area (Å²) in [6, 6.07) is -0.537. The maximum atomic E-state index is 11.6. The van der Waals surface area contributed by atoms with Crippen LogP contribution in [0.5, 0.6) is 0 Å². The van der Waals surface area contributed by atoms with E-state index in [9.17, 15) is 4.79 Å². The van der Waals surface area contributed by atoms with Gasteiger partial charge in [-0.1, -0.05) is 34.1 Å². The van der Waals surface area contributed by atoms with E-state index in [1.807, 2.05) is 33.2 Å². The number of aryl methyl sites for hydroxylation is 2. The summed E-state index contributed by atoms with van der Waals surface area (Å²) in [5.74, 6) is -0.142. The van der Waals surface area contributed by atoms with Gasteiger partial charge in [0.1, 0.15) is 0 Å². The second-order valence-electron chi connectivity index (χ2n) is 10.9. The van der Waals surface area contributed by atoms with Crippen LogP contribution in [0.15, 0.2) is 37.6 Å². The van der Waals surface area contributed by atoms with Crippen molar-refractivity contribution in [3.63, 3.8) is 0 Å². The molecule has 0 aliphatic carbocycles. The number of aromatic amines is 3. The maximum absolute atomic E-state index is 11.6. The Morgan fingerprint density at radius 3 is 1.77 bits per heavy atom. The van der Waals surface area contributed by atoms with Crippen molar-refractivity contribution in [2.45, 2.75) is 98.6 Å². The molecule has 0 spiro atoms. The van der Waals surface area contributed by atoms with Crippen LogP contribution in [0.2, 0.25) is 0 Å². The summed E-state index contributed by atoms with van der Waals surface area (Å²) >= 11 is 0. The molecule has 6 N–H and O–H groups in total. The van der Waals surface area contributed by atoms with Gasteiger partial charge in [-0.25, -0.2) is 15.0 Å². The Morgan fingerprint density at radius 2 is 1.37 bits per heavy atom. The van der Waals surface area contributed by atoms with Crippen LogP contribution in [0.3, 0.4) is 0 Å². The van der Waals surface area contributed by atoms with Gasteiger partial charge in [0.15, 0.2) is 0 Å². The standard InChI is InChI=1S/C10H18N4O.C10H18N2.C6H10N2/c1-10(2,3)14-9(15)8(11)4-7-5-12-6-13-7;1-10(2,3)6-4-5-9-7-11-8-12-9;1-2-3-6-4-7-5-8-6/h5-6,8H,4,11H2,1-3H3,(H,12,13)(H,14,15);7-8H,4-6H2,1-3H3,(H,11,12);4-5H,2-3H2,1H3,(H,7,8). The Labute approximate surface area is 210 Å². The zero-order chi connectivity index (χ0) is 26.3. The predicted molar refractivity (Wildman–Crippen MR) is 142 cm³/mol.